The van der Waals surface area contributed by atoms with Gasteiger partial charge in [-0.05, 0) is 18.6 Å². The van der Waals surface area contributed by atoms with E-state index in [0.29, 0.717) is 13.2 Å². The molecule has 2 aromatic carbocycles. The normalized spacial score (nSPS) is 10.3. The number of benzene rings is 2. The van der Waals surface area contributed by atoms with Crippen molar-refractivity contribution in [3.63, 3.8) is 0 Å². The Bertz CT molecular complexity index is 535. The quantitative estimate of drug-likeness (QED) is 0.895. The third-order valence-corrected chi connectivity index (χ3v) is 3.01. The lowest BCUT2D eigenvalue weighted by Crippen LogP contribution is -2.03. The topological polar surface area (TPSA) is 44.5 Å². The summed E-state index contributed by atoms with van der Waals surface area (Å²) >= 11 is 0. The summed E-state index contributed by atoms with van der Waals surface area (Å²) in [5.41, 5.74) is 9.07. The number of methoxy groups -OCH3 is 1. The van der Waals surface area contributed by atoms with E-state index < -0.39 is 0 Å². The van der Waals surface area contributed by atoms with Crippen LogP contribution in [0.2, 0.25) is 0 Å². The van der Waals surface area contributed by atoms with Crippen molar-refractivity contribution in [2.75, 3.05) is 7.11 Å². The Kier molecular flexibility index (Phi) is 4.42. The molecule has 0 spiro atoms. The summed E-state index contributed by atoms with van der Waals surface area (Å²) in [6.45, 7) is 3.05. The first kappa shape index (κ1) is 13.4. The molecule has 19 heavy (non-hydrogen) atoms. The van der Waals surface area contributed by atoms with E-state index in [-0.39, 0.29) is 0 Å². The first-order chi connectivity index (χ1) is 9.22. The Hall–Kier alpha value is -2.00. The SMILES string of the molecule is COc1ccc(CN)c(OCc2ccc(C)cc2)c1. The second-order valence-corrected chi connectivity index (χ2v) is 4.45. The Morgan fingerprint density at radius 3 is 2.42 bits per heavy atom. The zero-order chi connectivity index (χ0) is 13.7. The minimum Gasteiger partial charge on any atom is -0.497 e. The van der Waals surface area contributed by atoms with Crippen molar-refractivity contribution < 1.29 is 9.47 Å². The van der Waals surface area contributed by atoms with Gasteiger partial charge in [0.05, 0.1) is 7.11 Å². The highest BCUT2D eigenvalue weighted by Crippen LogP contribution is 2.25. The van der Waals surface area contributed by atoms with E-state index in [4.69, 9.17) is 15.2 Å². The predicted octanol–water partition coefficient (Wildman–Crippen LogP) is 3.04. The van der Waals surface area contributed by atoms with Gasteiger partial charge in [-0.2, -0.15) is 0 Å². The highest BCUT2D eigenvalue weighted by Gasteiger charge is 2.05. The van der Waals surface area contributed by atoms with E-state index in [1.807, 2.05) is 18.2 Å². The number of hydrogen-bond donors (Lipinski definition) is 1. The molecule has 0 amide bonds. The minimum absolute atomic E-state index is 0.452. The molecule has 0 fully saturated rings. The van der Waals surface area contributed by atoms with Crippen LogP contribution in [-0.4, -0.2) is 7.11 Å². The molecule has 0 heterocycles. The molecule has 0 unspecified atom stereocenters. The van der Waals surface area contributed by atoms with Gasteiger partial charge in [-0.25, -0.2) is 0 Å². The molecule has 0 aromatic heterocycles. The van der Waals surface area contributed by atoms with Gasteiger partial charge in [0.2, 0.25) is 0 Å². The molecule has 0 atom stereocenters. The van der Waals surface area contributed by atoms with Gasteiger partial charge in [0, 0.05) is 18.2 Å². The van der Waals surface area contributed by atoms with Crippen molar-refractivity contribution in [3.05, 3.63) is 59.2 Å². The fourth-order valence-corrected chi connectivity index (χ4v) is 1.81. The number of nitrogens with two attached hydrogens (primary N) is 1. The molecule has 0 aliphatic heterocycles. The predicted molar refractivity (Wildman–Crippen MR) is 76.4 cm³/mol. The lowest BCUT2D eigenvalue weighted by Gasteiger charge is -2.12. The zero-order valence-electron chi connectivity index (χ0n) is 11.3. The molecular formula is C16H19NO2. The van der Waals surface area contributed by atoms with E-state index >= 15 is 0 Å². The van der Waals surface area contributed by atoms with Gasteiger partial charge >= 0.3 is 0 Å². The molecule has 2 aromatic rings. The summed E-state index contributed by atoms with van der Waals surface area (Å²) in [5.74, 6) is 1.55. The van der Waals surface area contributed by atoms with Crippen LogP contribution in [-0.2, 0) is 13.2 Å². The molecule has 2 rings (SSSR count). The molecule has 0 saturated carbocycles. The highest BCUT2D eigenvalue weighted by atomic mass is 16.5. The van der Waals surface area contributed by atoms with Crippen molar-refractivity contribution >= 4 is 0 Å². The monoisotopic (exact) mass is 257 g/mol. The second-order valence-electron chi connectivity index (χ2n) is 4.45. The van der Waals surface area contributed by atoms with Gasteiger partial charge in [0.15, 0.2) is 0 Å². The van der Waals surface area contributed by atoms with Gasteiger partial charge in [-0.15, -0.1) is 0 Å². The maximum absolute atomic E-state index is 5.84. The van der Waals surface area contributed by atoms with Crippen molar-refractivity contribution in [1.82, 2.24) is 0 Å². The summed E-state index contributed by atoms with van der Waals surface area (Å²) in [6, 6.07) is 14.0. The van der Waals surface area contributed by atoms with Gasteiger partial charge in [-0.3, -0.25) is 0 Å². The Balaban J connectivity index is 2.11. The minimum atomic E-state index is 0.452. The maximum atomic E-state index is 5.84. The average molecular weight is 257 g/mol. The van der Waals surface area contributed by atoms with E-state index in [2.05, 4.69) is 31.2 Å². The van der Waals surface area contributed by atoms with Crippen LogP contribution in [0.5, 0.6) is 11.5 Å². The van der Waals surface area contributed by atoms with E-state index in [1.54, 1.807) is 7.11 Å². The van der Waals surface area contributed by atoms with Crippen LogP contribution in [0.1, 0.15) is 16.7 Å². The summed E-state index contributed by atoms with van der Waals surface area (Å²) < 4.78 is 11.0. The van der Waals surface area contributed by atoms with Crippen LogP contribution in [0.25, 0.3) is 0 Å². The molecule has 3 heteroatoms. The van der Waals surface area contributed by atoms with E-state index in [9.17, 15) is 0 Å². The Morgan fingerprint density at radius 1 is 1.05 bits per heavy atom. The molecule has 0 aliphatic carbocycles. The van der Waals surface area contributed by atoms with Crippen LogP contribution in [0.4, 0.5) is 0 Å². The molecule has 2 N–H and O–H groups in total. The van der Waals surface area contributed by atoms with Crippen LogP contribution >= 0.6 is 0 Å². The van der Waals surface area contributed by atoms with Gasteiger partial charge < -0.3 is 15.2 Å². The van der Waals surface area contributed by atoms with E-state index in [0.717, 1.165) is 22.6 Å². The number of hydrogen-bond acceptors (Lipinski definition) is 3. The summed E-state index contributed by atoms with van der Waals surface area (Å²) in [5, 5.41) is 0. The number of ether oxygens (including phenoxy) is 2. The lowest BCUT2D eigenvalue weighted by molar-refractivity contribution is 0.300. The fraction of sp³-hybridized carbons (Fsp3) is 0.250. The molecular weight excluding hydrogens is 238 g/mol. The maximum Gasteiger partial charge on any atom is 0.127 e. The van der Waals surface area contributed by atoms with Crippen LogP contribution < -0.4 is 15.2 Å². The van der Waals surface area contributed by atoms with Crippen molar-refractivity contribution in [2.45, 2.75) is 20.1 Å². The fourth-order valence-electron chi connectivity index (χ4n) is 1.81. The van der Waals surface area contributed by atoms with E-state index in [1.165, 1.54) is 5.56 Å². The highest BCUT2D eigenvalue weighted by molar-refractivity contribution is 5.40. The average Bonchev–Trinajstić information content (AvgIpc) is 2.46. The summed E-state index contributed by atoms with van der Waals surface area (Å²) in [4.78, 5) is 0. The molecule has 100 valence electrons. The Morgan fingerprint density at radius 2 is 1.79 bits per heavy atom. The van der Waals surface area contributed by atoms with Gasteiger partial charge in [0.25, 0.3) is 0 Å². The van der Waals surface area contributed by atoms with Crippen molar-refractivity contribution in [2.24, 2.45) is 5.73 Å². The van der Waals surface area contributed by atoms with Crippen LogP contribution in [0.15, 0.2) is 42.5 Å². The first-order valence-electron chi connectivity index (χ1n) is 6.28. The Labute approximate surface area is 114 Å². The van der Waals surface area contributed by atoms with Crippen molar-refractivity contribution in [1.29, 1.82) is 0 Å². The zero-order valence-corrected chi connectivity index (χ0v) is 11.3. The largest absolute Gasteiger partial charge is 0.497 e. The number of rotatable bonds is 5. The number of aryl methyl sites for hydroxylation is 1. The second kappa shape index (κ2) is 6.25. The van der Waals surface area contributed by atoms with Gasteiger partial charge in [-0.1, -0.05) is 35.9 Å². The molecule has 3 nitrogen and oxygen atoms in total. The lowest BCUT2D eigenvalue weighted by atomic mass is 10.1. The first-order valence-corrected chi connectivity index (χ1v) is 6.28. The summed E-state index contributed by atoms with van der Waals surface area (Å²) in [7, 11) is 1.64. The van der Waals surface area contributed by atoms with Crippen molar-refractivity contribution in [3.8, 4) is 11.5 Å². The third kappa shape index (κ3) is 3.48. The van der Waals surface area contributed by atoms with Crippen LogP contribution in [0, 0.1) is 6.92 Å². The molecule has 0 aliphatic rings. The molecule has 0 saturated heterocycles. The molecule has 0 radical (unpaired) electrons. The standard InChI is InChI=1S/C16H19NO2/c1-12-3-5-13(6-4-12)11-19-16-9-15(18-2)8-7-14(16)10-17/h3-9H,10-11,17H2,1-2H3. The van der Waals surface area contributed by atoms with Gasteiger partial charge in [0.1, 0.15) is 18.1 Å². The smallest absolute Gasteiger partial charge is 0.127 e. The van der Waals surface area contributed by atoms with Crippen LogP contribution in [0.3, 0.4) is 0 Å². The molecule has 0 bridgehead atoms. The summed E-state index contributed by atoms with van der Waals surface area (Å²) in [6.07, 6.45) is 0. The third-order valence-electron chi connectivity index (χ3n) is 3.01.